The average molecular weight is 287 g/mol. The Kier molecular flexibility index (Phi) is 4.62. The zero-order valence-corrected chi connectivity index (χ0v) is 13.2. The molecule has 1 N–H and O–H groups in total. The van der Waals surface area contributed by atoms with Crippen LogP contribution in [0.15, 0.2) is 18.5 Å². The van der Waals surface area contributed by atoms with E-state index >= 15 is 0 Å². The Bertz CT molecular complexity index is 642. The topological polar surface area (TPSA) is 56.3 Å². The van der Waals surface area contributed by atoms with Crippen molar-refractivity contribution in [3.8, 4) is 17.4 Å². The molecule has 0 aliphatic rings. The summed E-state index contributed by atoms with van der Waals surface area (Å²) in [5.74, 6) is 2.34. The Hall–Kier alpha value is -2.30. The molecular formula is C16H21N3O2. The summed E-state index contributed by atoms with van der Waals surface area (Å²) < 4.78 is 11.4. The number of nitrogens with zero attached hydrogens (tertiary/aromatic N) is 2. The van der Waals surface area contributed by atoms with Gasteiger partial charge in [0.2, 0.25) is 5.75 Å². The number of benzene rings is 1. The zero-order valence-electron chi connectivity index (χ0n) is 13.2. The van der Waals surface area contributed by atoms with E-state index < -0.39 is 0 Å². The number of methoxy groups -OCH3 is 1. The minimum absolute atomic E-state index is 0.413. The summed E-state index contributed by atoms with van der Waals surface area (Å²) in [5, 5.41) is 3.13. The maximum absolute atomic E-state index is 5.96. The van der Waals surface area contributed by atoms with Gasteiger partial charge in [0.25, 0.3) is 5.88 Å². The molecule has 1 aromatic heterocycles. The van der Waals surface area contributed by atoms with Crippen LogP contribution >= 0.6 is 0 Å². The molecule has 112 valence electrons. The molecule has 2 rings (SSSR count). The van der Waals surface area contributed by atoms with Gasteiger partial charge < -0.3 is 14.8 Å². The second-order valence-electron chi connectivity index (χ2n) is 4.90. The normalized spacial score (nSPS) is 10.3. The van der Waals surface area contributed by atoms with E-state index in [2.05, 4.69) is 28.3 Å². The Balaban J connectivity index is 2.42. The van der Waals surface area contributed by atoms with Crippen LogP contribution in [0, 0.1) is 20.8 Å². The van der Waals surface area contributed by atoms with E-state index in [1.165, 1.54) is 11.9 Å². The predicted octanol–water partition coefficient (Wildman–Crippen LogP) is 3.63. The maximum atomic E-state index is 5.96. The molecule has 5 heteroatoms. The molecule has 0 unspecified atom stereocenters. The lowest BCUT2D eigenvalue weighted by Gasteiger charge is -2.15. The Morgan fingerprint density at radius 1 is 1.14 bits per heavy atom. The van der Waals surface area contributed by atoms with E-state index in [0.717, 1.165) is 23.4 Å². The second-order valence-corrected chi connectivity index (χ2v) is 4.90. The molecule has 0 aliphatic heterocycles. The molecule has 0 bridgehead atoms. The average Bonchev–Trinajstić information content (AvgIpc) is 2.45. The third-order valence-electron chi connectivity index (χ3n) is 3.29. The van der Waals surface area contributed by atoms with Crippen molar-refractivity contribution in [1.29, 1.82) is 0 Å². The molecular weight excluding hydrogens is 266 g/mol. The molecule has 0 fully saturated rings. The van der Waals surface area contributed by atoms with Gasteiger partial charge in [-0.05, 0) is 50.5 Å². The third kappa shape index (κ3) is 3.24. The van der Waals surface area contributed by atoms with Crippen LogP contribution in [0.2, 0.25) is 0 Å². The number of hydrogen-bond acceptors (Lipinski definition) is 5. The number of hydrogen-bond donors (Lipinski definition) is 1. The summed E-state index contributed by atoms with van der Waals surface area (Å²) in [6, 6.07) is 4.13. The molecule has 0 saturated carbocycles. The van der Waals surface area contributed by atoms with E-state index in [-0.39, 0.29) is 0 Å². The van der Waals surface area contributed by atoms with Crippen LogP contribution in [-0.2, 0) is 0 Å². The number of anilines is 1. The lowest BCUT2D eigenvalue weighted by atomic mass is 10.1. The van der Waals surface area contributed by atoms with Gasteiger partial charge in [0.05, 0.1) is 7.11 Å². The summed E-state index contributed by atoms with van der Waals surface area (Å²) >= 11 is 0. The monoisotopic (exact) mass is 287 g/mol. The van der Waals surface area contributed by atoms with Gasteiger partial charge in [-0.1, -0.05) is 6.07 Å². The predicted molar refractivity (Wildman–Crippen MR) is 83.5 cm³/mol. The third-order valence-corrected chi connectivity index (χ3v) is 3.29. The van der Waals surface area contributed by atoms with Crippen molar-refractivity contribution in [2.45, 2.75) is 27.7 Å². The van der Waals surface area contributed by atoms with Crippen molar-refractivity contribution >= 4 is 5.82 Å². The first-order valence-electron chi connectivity index (χ1n) is 6.95. The number of nitrogens with one attached hydrogen (secondary N) is 1. The van der Waals surface area contributed by atoms with Gasteiger partial charge >= 0.3 is 0 Å². The highest BCUT2D eigenvalue weighted by Gasteiger charge is 2.15. The van der Waals surface area contributed by atoms with Crippen LogP contribution in [0.1, 0.15) is 23.6 Å². The first-order valence-corrected chi connectivity index (χ1v) is 6.95. The molecule has 1 heterocycles. The number of rotatable bonds is 5. The molecule has 0 atom stereocenters. The fourth-order valence-corrected chi connectivity index (χ4v) is 2.12. The van der Waals surface area contributed by atoms with Crippen molar-refractivity contribution in [3.05, 3.63) is 35.2 Å². The minimum atomic E-state index is 0.413. The summed E-state index contributed by atoms with van der Waals surface area (Å²) in [5.41, 5.74) is 3.42. The Labute approximate surface area is 125 Å². The van der Waals surface area contributed by atoms with Gasteiger partial charge in [-0.15, -0.1) is 0 Å². The van der Waals surface area contributed by atoms with Crippen molar-refractivity contribution in [2.24, 2.45) is 0 Å². The van der Waals surface area contributed by atoms with Crippen molar-refractivity contribution in [2.75, 3.05) is 19.0 Å². The quantitative estimate of drug-likeness (QED) is 0.910. The maximum Gasteiger partial charge on any atom is 0.268 e. The van der Waals surface area contributed by atoms with E-state index in [1.54, 1.807) is 7.11 Å². The van der Waals surface area contributed by atoms with E-state index in [1.807, 2.05) is 26.8 Å². The fraction of sp³-hybridized carbons (Fsp3) is 0.375. The van der Waals surface area contributed by atoms with E-state index in [9.17, 15) is 0 Å². The highest BCUT2D eigenvalue weighted by molar-refractivity contribution is 5.56. The van der Waals surface area contributed by atoms with Crippen LogP contribution < -0.4 is 14.8 Å². The van der Waals surface area contributed by atoms with Gasteiger partial charge in [-0.25, -0.2) is 4.98 Å². The number of aromatic nitrogens is 2. The minimum Gasteiger partial charge on any atom is -0.489 e. The summed E-state index contributed by atoms with van der Waals surface area (Å²) in [4.78, 5) is 8.36. The lowest BCUT2D eigenvalue weighted by molar-refractivity contribution is 0.368. The molecule has 5 nitrogen and oxygen atoms in total. The SMILES string of the molecule is CCNc1ncnc(Oc2cc(C)cc(C)c2C)c1OC. The zero-order chi connectivity index (χ0) is 15.4. The van der Waals surface area contributed by atoms with Crippen LogP contribution in [0.3, 0.4) is 0 Å². The van der Waals surface area contributed by atoms with Crippen LogP contribution in [0.5, 0.6) is 17.4 Å². The van der Waals surface area contributed by atoms with E-state index in [4.69, 9.17) is 9.47 Å². The molecule has 0 aliphatic carbocycles. The van der Waals surface area contributed by atoms with Gasteiger partial charge in [-0.2, -0.15) is 4.98 Å². The fourth-order valence-electron chi connectivity index (χ4n) is 2.12. The van der Waals surface area contributed by atoms with Crippen LogP contribution in [0.25, 0.3) is 0 Å². The summed E-state index contributed by atoms with van der Waals surface area (Å²) in [6.07, 6.45) is 1.47. The lowest BCUT2D eigenvalue weighted by Crippen LogP contribution is -2.04. The van der Waals surface area contributed by atoms with Crippen molar-refractivity contribution < 1.29 is 9.47 Å². The summed E-state index contributed by atoms with van der Waals surface area (Å²) in [6.45, 7) is 8.88. The number of ether oxygens (including phenoxy) is 2. The van der Waals surface area contributed by atoms with Crippen molar-refractivity contribution in [3.63, 3.8) is 0 Å². The molecule has 0 saturated heterocycles. The summed E-state index contributed by atoms with van der Waals surface area (Å²) in [7, 11) is 1.58. The van der Waals surface area contributed by atoms with Gasteiger partial charge in [-0.3, -0.25) is 0 Å². The van der Waals surface area contributed by atoms with Gasteiger partial charge in [0.15, 0.2) is 5.82 Å². The van der Waals surface area contributed by atoms with Crippen molar-refractivity contribution in [1.82, 2.24) is 9.97 Å². The first-order chi connectivity index (χ1) is 10.1. The highest BCUT2D eigenvalue weighted by Crippen LogP contribution is 2.36. The highest BCUT2D eigenvalue weighted by atomic mass is 16.5. The molecule has 0 amide bonds. The largest absolute Gasteiger partial charge is 0.489 e. The van der Waals surface area contributed by atoms with Crippen LogP contribution in [0.4, 0.5) is 5.82 Å². The van der Waals surface area contributed by atoms with Crippen LogP contribution in [-0.4, -0.2) is 23.6 Å². The number of aryl methyl sites for hydroxylation is 2. The molecule has 0 spiro atoms. The molecule has 21 heavy (non-hydrogen) atoms. The second kappa shape index (κ2) is 6.43. The Morgan fingerprint density at radius 3 is 2.57 bits per heavy atom. The van der Waals surface area contributed by atoms with Gasteiger partial charge in [0.1, 0.15) is 12.1 Å². The van der Waals surface area contributed by atoms with Gasteiger partial charge in [0, 0.05) is 6.54 Å². The Morgan fingerprint density at radius 2 is 1.90 bits per heavy atom. The molecule has 0 radical (unpaired) electrons. The standard InChI is InChI=1S/C16H21N3O2/c1-6-17-15-14(20-5)16(19-9-18-15)21-13-8-10(2)7-11(3)12(13)4/h7-9H,6H2,1-5H3,(H,17,18,19). The molecule has 1 aromatic carbocycles. The smallest absolute Gasteiger partial charge is 0.268 e. The molecule has 2 aromatic rings. The van der Waals surface area contributed by atoms with E-state index in [0.29, 0.717) is 17.4 Å². The first kappa shape index (κ1) is 15.1.